The molecule has 0 bridgehead atoms. The Balaban J connectivity index is 2.89. The minimum Gasteiger partial charge on any atom is -0.0875 e. The summed E-state index contributed by atoms with van der Waals surface area (Å²) in [5.74, 6) is 0.572. The smallest absolute Gasteiger partial charge is 0.0875 e. The monoisotopic (exact) mass is 215 g/mol. The van der Waals surface area contributed by atoms with Gasteiger partial charge in [-0.05, 0) is 10.8 Å². The highest BCUT2D eigenvalue weighted by Crippen LogP contribution is 2.44. The van der Waals surface area contributed by atoms with E-state index >= 15 is 0 Å². The summed E-state index contributed by atoms with van der Waals surface area (Å²) in [5.41, 5.74) is 1.93. The molecule has 1 rings (SSSR count). The van der Waals surface area contributed by atoms with E-state index in [-0.39, 0.29) is 0 Å². The summed E-state index contributed by atoms with van der Waals surface area (Å²) in [6.07, 6.45) is 0. The van der Waals surface area contributed by atoms with Crippen molar-refractivity contribution in [3.63, 3.8) is 0 Å². The van der Waals surface area contributed by atoms with Crippen LogP contribution in [0.5, 0.6) is 0 Å². The van der Waals surface area contributed by atoms with Crippen LogP contribution >= 0.6 is 0 Å². The maximum absolute atomic E-state index is 2.42. The van der Waals surface area contributed by atoms with Crippen LogP contribution in [0.25, 0.3) is 0 Å². The molecule has 0 heterocycles. The highest BCUT2D eigenvalue weighted by atomic mass is 14.3. The summed E-state index contributed by atoms with van der Waals surface area (Å²) >= 11 is 0. The van der Waals surface area contributed by atoms with Gasteiger partial charge in [0.15, 0.2) is 7.28 Å². The van der Waals surface area contributed by atoms with E-state index in [9.17, 15) is 0 Å². The number of hydrogen-bond donors (Lipinski definition) is 0. The molecule has 0 spiro atoms. The van der Waals surface area contributed by atoms with Gasteiger partial charge >= 0.3 is 0 Å². The third-order valence-electron chi connectivity index (χ3n) is 3.02. The average Bonchev–Trinajstić information content (AvgIpc) is 2.12. The Hall–Kier alpha value is -0.715. The van der Waals surface area contributed by atoms with Gasteiger partial charge in [-0.2, -0.15) is 0 Å². The van der Waals surface area contributed by atoms with Gasteiger partial charge in [0.05, 0.1) is 0 Å². The third-order valence-corrected chi connectivity index (χ3v) is 3.02. The van der Waals surface area contributed by atoms with E-state index in [0.29, 0.717) is 16.6 Å². The first-order valence-corrected chi connectivity index (χ1v) is 6.11. The van der Waals surface area contributed by atoms with Crippen LogP contribution in [0.2, 0.25) is 5.82 Å². The zero-order valence-corrected chi connectivity index (χ0v) is 11.5. The first-order valence-electron chi connectivity index (χ1n) is 6.11. The molecule has 0 N–H and O–H groups in total. The zero-order chi connectivity index (χ0) is 12.4. The molecule has 87 valence electrons. The molecular formula is C15H24B. The second-order valence-electron chi connectivity index (χ2n) is 6.79. The standard InChI is InChI=1S/C15H24B/c1-14(2,3)13(15(4,5)6)16-12-10-8-7-9-11-12/h7-11,13H,1-6H3. The largest absolute Gasteiger partial charge is 0.156 e. The zero-order valence-electron chi connectivity index (χ0n) is 11.5. The van der Waals surface area contributed by atoms with Crippen LogP contribution in [0.15, 0.2) is 30.3 Å². The molecule has 1 aromatic rings. The van der Waals surface area contributed by atoms with Crippen molar-refractivity contribution in [1.29, 1.82) is 0 Å². The van der Waals surface area contributed by atoms with Gasteiger partial charge in [0, 0.05) is 0 Å². The van der Waals surface area contributed by atoms with Crippen LogP contribution in [0.4, 0.5) is 0 Å². The summed E-state index contributed by atoms with van der Waals surface area (Å²) in [4.78, 5) is 0. The third kappa shape index (κ3) is 3.70. The van der Waals surface area contributed by atoms with Crippen LogP contribution in [0.1, 0.15) is 41.5 Å². The fraction of sp³-hybridized carbons (Fsp3) is 0.600. The second kappa shape index (κ2) is 4.65. The first-order chi connectivity index (χ1) is 7.21. The van der Waals surface area contributed by atoms with Crippen LogP contribution in [0.3, 0.4) is 0 Å². The van der Waals surface area contributed by atoms with Gasteiger partial charge in [-0.3, -0.25) is 0 Å². The minimum absolute atomic E-state index is 0.300. The van der Waals surface area contributed by atoms with E-state index < -0.39 is 0 Å². The summed E-state index contributed by atoms with van der Waals surface area (Å²) in [7, 11) is 2.42. The van der Waals surface area contributed by atoms with Gasteiger partial charge in [-0.25, -0.2) is 0 Å². The summed E-state index contributed by atoms with van der Waals surface area (Å²) in [6.45, 7) is 13.9. The summed E-state index contributed by atoms with van der Waals surface area (Å²) in [6, 6.07) is 10.7. The number of hydrogen-bond acceptors (Lipinski definition) is 0. The molecule has 1 heteroatoms. The maximum atomic E-state index is 2.42. The van der Waals surface area contributed by atoms with Crippen molar-refractivity contribution >= 4 is 12.7 Å². The molecule has 0 aliphatic heterocycles. The quantitative estimate of drug-likeness (QED) is 0.656. The predicted molar refractivity (Wildman–Crippen MR) is 74.5 cm³/mol. The van der Waals surface area contributed by atoms with Crippen LogP contribution in [-0.2, 0) is 0 Å². The van der Waals surface area contributed by atoms with Gasteiger partial charge < -0.3 is 0 Å². The van der Waals surface area contributed by atoms with Gasteiger partial charge in [0.25, 0.3) is 0 Å². The number of benzene rings is 1. The second-order valence-corrected chi connectivity index (χ2v) is 6.79. The molecule has 0 nitrogen and oxygen atoms in total. The Bertz CT molecular complexity index is 300. The van der Waals surface area contributed by atoms with E-state index in [0.717, 1.165) is 0 Å². The Kier molecular flexibility index (Phi) is 3.88. The first kappa shape index (κ1) is 13.4. The van der Waals surface area contributed by atoms with E-state index in [1.165, 1.54) is 5.46 Å². The van der Waals surface area contributed by atoms with E-state index in [4.69, 9.17) is 0 Å². The van der Waals surface area contributed by atoms with Crippen LogP contribution in [0, 0.1) is 10.8 Å². The van der Waals surface area contributed by atoms with E-state index in [2.05, 4.69) is 79.2 Å². The van der Waals surface area contributed by atoms with Gasteiger partial charge in [-0.15, -0.1) is 0 Å². The van der Waals surface area contributed by atoms with Crippen molar-refractivity contribution in [3.8, 4) is 0 Å². The molecule has 0 fully saturated rings. The Morgan fingerprint density at radius 2 is 1.25 bits per heavy atom. The van der Waals surface area contributed by atoms with E-state index in [1.807, 2.05) is 0 Å². The molecule has 0 atom stereocenters. The normalized spacial score (nSPS) is 12.9. The molecule has 0 amide bonds. The fourth-order valence-corrected chi connectivity index (χ4v) is 2.56. The SMILES string of the molecule is CC(C)(C)C([B]c1ccccc1)C(C)(C)C. The average molecular weight is 215 g/mol. The van der Waals surface area contributed by atoms with E-state index in [1.54, 1.807) is 0 Å². The molecule has 1 radical (unpaired) electrons. The Labute approximate surface area is 102 Å². The predicted octanol–water partition coefficient (Wildman–Crippen LogP) is 3.90. The van der Waals surface area contributed by atoms with Crippen molar-refractivity contribution < 1.29 is 0 Å². The van der Waals surface area contributed by atoms with Crippen molar-refractivity contribution in [3.05, 3.63) is 30.3 Å². The van der Waals surface area contributed by atoms with Crippen molar-refractivity contribution in [2.45, 2.75) is 47.4 Å². The Morgan fingerprint density at radius 3 is 1.62 bits per heavy atom. The lowest BCUT2D eigenvalue weighted by molar-refractivity contribution is 0.233. The summed E-state index contributed by atoms with van der Waals surface area (Å²) < 4.78 is 0. The van der Waals surface area contributed by atoms with Crippen LogP contribution < -0.4 is 5.46 Å². The fourth-order valence-electron chi connectivity index (χ4n) is 2.56. The molecule has 0 aliphatic rings. The molecule has 0 saturated carbocycles. The molecule has 16 heavy (non-hydrogen) atoms. The minimum atomic E-state index is 0.300. The molecule has 0 aliphatic carbocycles. The van der Waals surface area contributed by atoms with Gasteiger partial charge in [0.2, 0.25) is 0 Å². The summed E-state index contributed by atoms with van der Waals surface area (Å²) in [5, 5.41) is 0. The lowest BCUT2D eigenvalue weighted by Gasteiger charge is -2.40. The van der Waals surface area contributed by atoms with Crippen molar-refractivity contribution in [2.24, 2.45) is 10.8 Å². The molecule has 1 aromatic carbocycles. The molecule has 0 saturated heterocycles. The lowest BCUT2D eigenvalue weighted by Crippen LogP contribution is -2.36. The highest BCUT2D eigenvalue weighted by molar-refractivity contribution is 6.55. The van der Waals surface area contributed by atoms with Gasteiger partial charge in [0.1, 0.15) is 0 Å². The Morgan fingerprint density at radius 1 is 0.812 bits per heavy atom. The maximum Gasteiger partial charge on any atom is 0.156 e. The van der Waals surface area contributed by atoms with Crippen LogP contribution in [-0.4, -0.2) is 7.28 Å². The van der Waals surface area contributed by atoms with Crippen molar-refractivity contribution in [2.75, 3.05) is 0 Å². The van der Waals surface area contributed by atoms with Crippen molar-refractivity contribution in [1.82, 2.24) is 0 Å². The highest BCUT2D eigenvalue weighted by Gasteiger charge is 2.34. The molecule has 0 unspecified atom stereocenters. The van der Waals surface area contributed by atoms with Gasteiger partial charge in [-0.1, -0.05) is 83.2 Å². The molecule has 0 aromatic heterocycles. The number of rotatable bonds is 2. The lowest BCUT2D eigenvalue weighted by atomic mass is 9.44. The topological polar surface area (TPSA) is 0 Å². The molecular weight excluding hydrogens is 191 g/mol.